The summed E-state index contributed by atoms with van der Waals surface area (Å²) in [6.07, 6.45) is 0.924. The van der Waals surface area contributed by atoms with E-state index in [2.05, 4.69) is 22.9 Å². The molecule has 0 aromatic heterocycles. The van der Waals surface area contributed by atoms with Gasteiger partial charge in [0.1, 0.15) is 0 Å². The van der Waals surface area contributed by atoms with Gasteiger partial charge < -0.3 is 15.7 Å². The minimum Gasteiger partial charge on any atom is -0.398 e. The summed E-state index contributed by atoms with van der Waals surface area (Å²) in [5, 5.41) is 9.38. The molecule has 0 spiro atoms. The van der Waals surface area contributed by atoms with Crippen molar-refractivity contribution in [2.75, 3.05) is 18.9 Å². The number of amides is 1. The predicted molar refractivity (Wildman–Crippen MR) is 74.2 cm³/mol. The van der Waals surface area contributed by atoms with E-state index >= 15 is 0 Å². The lowest BCUT2D eigenvalue weighted by Gasteiger charge is -2.25. The van der Waals surface area contributed by atoms with Crippen LogP contribution in [0.15, 0.2) is 22.7 Å². The van der Waals surface area contributed by atoms with E-state index < -0.39 is 0 Å². The number of likely N-dealkylation sites (tertiary alicyclic amines) is 1. The third kappa shape index (κ3) is 2.37. The van der Waals surface area contributed by atoms with Crippen LogP contribution in [0.4, 0.5) is 5.69 Å². The highest BCUT2D eigenvalue weighted by Gasteiger charge is 2.34. The number of hydrogen-bond donors (Lipinski definition) is 2. The zero-order valence-corrected chi connectivity index (χ0v) is 11.9. The zero-order chi connectivity index (χ0) is 13.3. The number of carbonyl (C=O) groups is 1. The van der Waals surface area contributed by atoms with Crippen molar-refractivity contribution in [1.29, 1.82) is 0 Å². The maximum Gasteiger partial charge on any atom is 0.256 e. The van der Waals surface area contributed by atoms with E-state index in [1.165, 1.54) is 0 Å². The summed E-state index contributed by atoms with van der Waals surface area (Å²) in [4.78, 5) is 14.1. The van der Waals surface area contributed by atoms with E-state index in [0.717, 1.165) is 10.9 Å². The lowest BCUT2D eigenvalue weighted by Crippen LogP contribution is -2.40. The summed E-state index contributed by atoms with van der Waals surface area (Å²) >= 11 is 3.32. The molecule has 0 radical (unpaired) electrons. The van der Waals surface area contributed by atoms with Crippen molar-refractivity contribution in [2.24, 2.45) is 5.92 Å². The summed E-state index contributed by atoms with van der Waals surface area (Å²) in [6, 6.07) is 5.15. The number of halogens is 1. The number of aliphatic hydroxyl groups excluding tert-OH is 1. The highest BCUT2D eigenvalue weighted by atomic mass is 79.9. The summed E-state index contributed by atoms with van der Waals surface area (Å²) < 4.78 is 0.852. The summed E-state index contributed by atoms with van der Waals surface area (Å²) in [5.41, 5.74) is 6.84. The Bertz CT molecular complexity index is 464. The predicted octanol–water partition coefficient (Wildman–Crippen LogP) is 1.87. The number of carbonyl (C=O) groups excluding carboxylic acids is 1. The molecule has 18 heavy (non-hydrogen) atoms. The van der Waals surface area contributed by atoms with Gasteiger partial charge in [0.2, 0.25) is 0 Å². The average molecular weight is 313 g/mol. The third-order valence-corrected chi connectivity index (χ3v) is 4.07. The lowest BCUT2D eigenvalue weighted by molar-refractivity contribution is 0.0649. The second kappa shape index (κ2) is 5.28. The number of nitrogen functional groups attached to an aromatic ring is 1. The SMILES string of the molecule is CC1CCN(C(=O)c2ccc(Br)cc2N)C1CO. The number of benzene rings is 1. The Balaban J connectivity index is 2.26. The molecule has 0 saturated carbocycles. The summed E-state index contributed by atoms with van der Waals surface area (Å²) in [7, 11) is 0. The number of nitrogens with two attached hydrogens (primary N) is 1. The average Bonchev–Trinajstić information content (AvgIpc) is 2.69. The van der Waals surface area contributed by atoms with Gasteiger partial charge >= 0.3 is 0 Å². The second-order valence-electron chi connectivity index (χ2n) is 4.75. The van der Waals surface area contributed by atoms with Crippen LogP contribution in [0.5, 0.6) is 0 Å². The van der Waals surface area contributed by atoms with Crippen LogP contribution in [0, 0.1) is 5.92 Å². The molecule has 1 aromatic carbocycles. The Kier molecular flexibility index (Phi) is 3.92. The van der Waals surface area contributed by atoms with Gasteiger partial charge in [0.25, 0.3) is 5.91 Å². The van der Waals surface area contributed by atoms with E-state index in [9.17, 15) is 9.90 Å². The van der Waals surface area contributed by atoms with Crippen LogP contribution in [0.3, 0.4) is 0 Å². The Morgan fingerprint density at radius 3 is 2.94 bits per heavy atom. The van der Waals surface area contributed by atoms with E-state index in [1.807, 2.05) is 0 Å². The Hall–Kier alpha value is -1.07. The molecular formula is C13H17BrN2O2. The monoisotopic (exact) mass is 312 g/mol. The molecule has 2 rings (SSSR count). The fourth-order valence-corrected chi connectivity index (χ4v) is 2.80. The van der Waals surface area contributed by atoms with Crippen LogP contribution >= 0.6 is 15.9 Å². The first-order valence-electron chi connectivity index (χ1n) is 6.01. The fourth-order valence-electron chi connectivity index (χ4n) is 2.42. The molecule has 1 heterocycles. The molecule has 1 amide bonds. The molecule has 4 nitrogen and oxygen atoms in total. The smallest absolute Gasteiger partial charge is 0.256 e. The lowest BCUT2D eigenvalue weighted by atomic mass is 10.0. The minimum atomic E-state index is -0.0967. The molecule has 98 valence electrons. The van der Waals surface area contributed by atoms with Crippen molar-refractivity contribution in [3.63, 3.8) is 0 Å². The van der Waals surface area contributed by atoms with Crippen molar-refractivity contribution >= 4 is 27.5 Å². The second-order valence-corrected chi connectivity index (χ2v) is 5.66. The van der Waals surface area contributed by atoms with E-state index in [4.69, 9.17) is 5.73 Å². The highest BCUT2D eigenvalue weighted by molar-refractivity contribution is 9.10. The summed E-state index contributed by atoms with van der Waals surface area (Å²) in [5.74, 6) is 0.235. The Morgan fingerprint density at radius 2 is 2.33 bits per heavy atom. The number of hydrogen-bond acceptors (Lipinski definition) is 3. The van der Waals surface area contributed by atoms with Crippen LogP contribution in [0.1, 0.15) is 23.7 Å². The van der Waals surface area contributed by atoms with Crippen molar-refractivity contribution in [3.05, 3.63) is 28.2 Å². The largest absolute Gasteiger partial charge is 0.398 e. The highest BCUT2D eigenvalue weighted by Crippen LogP contribution is 2.27. The Morgan fingerprint density at radius 1 is 1.61 bits per heavy atom. The van der Waals surface area contributed by atoms with Gasteiger partial charge in [-0.3, -0.25) is 4.79 Å². The molecule has 0 bridgehead atoms. The Labute approximate surface area is 115 Å². The van der Waals surface area contributed by atoms with Gasteiger partial charge in [-0.25, -0.2) is 0 Å². The van der Waals surface area contributed by atoms with Gasteiger partial charge in [0.15, 0.2) is 0 Å². The first-order chi connectivity index (χ1) is 8.54. The van der Waals surface area contributed by atoms with Gasteiger partial charge in [-0.1, -0.05) is 22.9 Å². The first-order valence-corrected chi connectivity index (χ1v) is 6.80. The van der Waals surface area contributed by atoms with Gasteiger partial charge in [-0.05, 0) is 30.5 Å². The van der Waals surface area contributed by atoms with Crippen LogP contribution in [0.2, 0.25) is 0 Å². The van der Waals surface area contributed by atoms with Gasteiger partial charge in [-0.15, -0.1) is 0 Å². The maximum absolute atomic E-state index is 12.4. The molecule has 2 unspecified atom stereocenters. The maximum atomic E-state index is 12.4. The quantitative estimate of drug-likeness (QED) is 0.819. The number of aliphatic hydroxyl groups is 1. The number of anilines is 1. The minimum absolute atomic E-state index is 0.00331. The van der Waals surface area contributed by atoms with Gasteiger partial charge in [0, 0.05) is 16.7 Å². The van der Waals surface area contributed by atoms with Crippen LogP contribution in [-0.2, 0) is 0 Å². The standard InChI is InChI=1S/C13H17BrN2O2/c1-8-4-5-16(12(8)7-17)13(18)10-3-2-9(14)6-11(10)15/h2-3,6,8,12,17H,4-5,7,15H2,1H3. The third-order valence-electron chi connectivity index (χ3n) is 3.57. The van der Waals surface area contributed by atoms with Crippen LogP contribution in [-0.4, -0.2) is 35.1 Å². The van der Waals surface area contributed by atoms with Crippen molar-refractivity contribution in [3.8, 4) is 0 Å². The van der Waals surface area contributed by atoms with Crippen LogP contribution < -0.4 is 5.73 Å². The normalized spacial score (nSPS) is 23.4. The van der Waals surface area contributed by atoms with Crippen molar-refractivity contribution < 1.29 is 9.90 Å². The molecule has 3 N–H and O–H groups in total. The number of rotatable bonds is 2. The van der Waals surface area contributed by atoms with Gasteiger partial charge in [-0.2, -0.15) is 0 Å². The molecule has 1 aromatic rings. The summed E-state index contributed by atoms with van der Waals surface area (Å²) in [6.45, 7) is 2.74. The molecule has 5 heteroatoms. The first kappa shape index (κ1) is 13.4. The molecule has 1 aliphatic rings. The van der Waals surface area contributed by atoms with E-state index in [1.54, 1.807) is 23.1 Å². The van der Waals surface area contributed by atoms with E-state index in [-0.39, 0.29) is 18.6 Å². The molecule has 1 saturated heterocycles. The molecule has 0 aliphatic carbocycles. The molecule has 1 aliphatic heterocycles. The van der Waals surface area contributed by atoms with Crippen LogP contribution in [0.25, 0.3) is 0 Å². The zero-order valence-electron chi connectivity index (χ0n) is 10.3. The molecular weight excluding hydrogens is 296 g/mol. The fraction of sp³-hybridized carbons (Fsp3) is 0.462. The molecule has 2 atom stereocenters. The van der Waals surface area contributed by atoms with Crippen molar-refractivity contribution in [1.82, 2.24) is 4.90 Å². The van der Waals surface area contributed by atoms with Gasteiger partial charge in [0.05, 0.1) is 18.2 Å². The van der Waals surface area contributed by atoms with Crippen molar-refractivity contribution in [2.45, 2.75) is 19.4 Å². The molecule has 1 fully saturated rings. The number of nitrogens with zero attached hydrogens (tertiary/aromatic N) is 1. The van der Waals surface area contributed by atoms with E-state index in [0.29, 0.717) is 23.7 Å². The topological polar surface area (TPSA) is 66.6 Å².